The highest BCUT2D eigenvalue weighted by Crippen LogP contribution is 2.37. The number of sulfonamides is 1. The van der Waals surface area contributed by atoms with Crippen LogP contribution < -0.4 is 19.1 Å². The van der Waals surface area contributed by atoms with Crippen molar-refractivity contribution in [2.24, 2.45) is 0 Å². The second-order valence-electron chi connectivity index (χ2n) is 7.88. The van der Waals surface area contributed by atoms with Crippen LogP contribution in [0.4, 0.5) is 5.69 Å². The summed E-state index contributed by atoms with van der Waals surface area (Å²) in [5.74, 6) is 0.683. The number of rotatable bonds is 7. The van der Waals surface area contributed by atoms with Gasteiger partial charge in [0.05, 0.1) is 23.7 Å². The number of hydrogen-bond acceptors (Lipinski definition) is 5. The molecule has 0 bridgehead atoms. The Kier molecular flexibility index (Phi) is 6.55. The molecule has 1 aliphatic heterocycles. The van der Waals surface area contributed by atoms with Gasteiger partial charge in [0.15, 0.2) is 6.10 Å². The van der Waals surface area contributed by atoms with E-state index in [1.54, 1.807) is 30.3 Å². The maximum atomic E-state index is 13.4. The number of aryl methyl sites for hydroxylation is 2. The number of carbonyl (C=O) groups is 1. The third-order valence-electron chi connectivity index (χ3n) is 5.27. The van der Waals surface area contributed by atoms with Gasteiger partial charge in [-0.05, 0) is 61.4 Å². The maximum absolute atomic E-state index is 13.4. The lowest BCUT2D eigenvalue weighted by molar-refractivity contribution is -0.127. The van der Waals surface area contributed by atoms with E-state index in [4.69, 9.17) is 9.47 Å². The SMILES string of the molecule is Cc1cccc(OCCNC(=O)C2CN(S(=O)(=O)c3ccccc3)c3ccc(C)cc3O2)c1. The van der Waals surface area contributed by atoms with Crippen LogP contribution in [0.2, 0.25) is 0 Å². The average molecular weight is 467 g/mol. The molecular weight excluding hydrogens is 440 g/mol. The topological polar surface area (TPSA) is 84.9 Å². The highest BCUT2D eigenvalue weighted by Gasteiger charge is 2.37. The number of anilines is 1. The smallest absolute Gasteiger partial charge is 0.264 e. The van der Waals surface area contributed by atoms with Crippen molar-refractivity contribution in [1.29, 1.82) is 0 Å². The van der Waals surface area contributed by atoms with Crippen LogP contribution in [0.25, 0.3) is 0 Å². The quantitative estimate of drug-likeness (QED) is 0.539. The number of amides is 1. The third kappa shape index (κ3) is 5.12. The van der Waals surface area contributed by atoms with Crippen LogP contribution in [0.1, 0.15) is 11.1 Å². The van der Waals surface area contributed by atoms with Crippen molar-refractivity contribution < 1.29 is 22.7 Å². The van der Waals surface area contributed by atoms with Gasteiger partial charge in [0.25, 0.3) is 15.9 Å². The molecule has 0 saturated heterocycles. The standard InChI is InChI=1S/C25H26N2O5S/c1-18-7-6-8-20(15-18)31-14-13-26-25(28)24-17-27(22-12-11-19(2)16-23(22)32-24)33(29,30)21-9-4-3-5-10-21/h3-12,15-16,24H,13-14,17H2,1-2H3,(H,26,28). The summed E-state index contributed by atoms with van der Waals surface area (Å²) in [6, 6.07) is 21.1. The number of benzene rings is 3. The molecule has 1 atom stereocenters. The molecule has 0 aromatic heterocycles. The van der Waals surface area contributed by atoms with Crippen molar-refractivity contribution in [3.05, 3.63) is 83.9 Å². The maximum Gasteiger partial charge on any atom is 0.264 e. The van der Waals surface area contributed by atoms with Gasteiger partial charge < -0.3 is 14.8 Å². The summed E-state index contributed by atoms with van der Waals surface area (Å²) in [6.07, 6.45) is -0.989. The van der Waals surface area contributed by atoms with E-state index in [9.17, 15) is 13.2 Å². The van der Waals surface area contributed by atoms with Crippen molar-refractivity contribution in [2.75, 3.05) is 24.0 Å². The van der Waals surface area contributed by atoms with Gasteiger partial charge in [0, 0.05) is 0 Å². The Bertz CT molecular complexity index is 1240. The molecule has 1 aliphatic rings. The van der Waals surface area contributed by atoms with Gasteiger partial charge in [0.2, 0.25) is 0 Å². The zero-order valence-electron chi connectivity index (χ0n) is 18.5. The Labute approximate surface area is 194 Å². The van der Waals surface area contributed by atoms with Crippen LogP contribution in [-0.4, -0.2) is 40.1 Å². The van der Waals surface area contributed by atoms with E-state index in [2.05, 4.69) is 5.32 Å². The summed E-state index contributed by atoms with van der Waals surface area (Å²) < 4.78 is 39.6. The predicted molar refractivity (Wildman–Crippen MR) is 126 cm³/mol. The Morgan fingerprint density at radius 2 is 1.79 bits per heavy atom. The van der Waals surface area contributed by atoms with E-state index in [0.29, 0.717) is 11.4 Å². The molecule has 8 heteroatoms. The summed E-state index contributed by atoms with van der Waals surface area (Å²) in [4.78, 5) is 13.0. The monoisotopic (exact) mass is 466 g/mol. The van der Waals surface area contributed by atoms with Crippen LogP contribution in [0.5, 0.6) is 11.5 Å². The highest BCUT2D eigenvalue weighted by atomic mass is 32.2. The van der Waals surface area contributed by atoms with Crippen LogP contribution in [0.15, 0.2) is 77.7 Å². The lowest BCUT2D eigenvalue weighted by Crippen LogP contribution is -2.51. The number of ether oxygens (including phenoxy) is 2. The lowest BCUT2D eigenvalue weighted by Gasteiger charge is -2.35. The molecule has 1 N–H and O–H groups in total. The highest BCUT2D eigenvalue weighted by molar-refractivity contribution is 7.92. The van der Waals surface area contributed by atoms with Gasteiger partial charge in [0.1, 0.15) is 18.1 Å². The van der Waals surface area contributed by atoms with E-state index in [0.717, 1.165) is 16.9 Å². The van der Waals surface area contributed by atoms with Gasteiger partial charge >= 0.3 is 0 Å². The molecule has 0 aliphatic carbocycles. The van der Waals surface area contributed by atoms with E-state index in [-0.39, 0.29) is 24.6 Å². The van der Waals surface area contributed by atoms with E-state index < -0.39 is 22.0 Å². The van der Waals surface area contributed by atoms with E-state index >= 15 is 0 Å². The molecule has 0 spiro atoms. The molecule has 1 unspecified atom stereocenters. The summed E-state index contributed by atoms with van der Waals surface area (Å²) in [7, 11) is -3.87. The first-order valence-electron chi connectivity index (χ1n) is 10.7. The number of fused-ring (bicyclic) bond motifs is 1. The molecule has 4 rings (SSSR count). The molecule has 33 heavy (non-hydrogen) atoms. The fourth-order valence-corrected chi connectivity index (χ4v) is 5.10. The van der Waals surface area contributed by atoms with Crippen LogP contribution in [0, 0.1) is 13.8 Å². The Hall–Kier alpha value is -3.52. The third-order valence-corrected chi connectivity index (χ3v) is 7.06. The number of hydrogen-bond donors (Lipinski definition) is 1. The van der Waals surface area contributed by atoms with Crippen molar-refractivity contribution >= 4 is 21.6 Å². The molecule has 0 radical (unpaired) electrons. The normalized spacial score (nSPS) is 15.3. The van der Waals surface area contributed by atoms with Crippen LogP contribution in [0.3, 0.4) is 0 Å². The van der Waals surface area contributed by atoms with Crippen molar-refractivity contribution in [1.82, 2.24) is 5.32 Å². The zero-order valence-corrected chi connectivity index (χ0v) is 19.3. The Balaban J connectivity index is 1.48. The van der Waals surface area contributed by atoms with Crippen LogP contribution in [-0.2, 0) is 14.8 Å². The predicted octanol–water partition coefficient (Wildman–Crippen LogP) is 3.45. The molecular formula is C25H26N2O5S. The first kappa shape index (κ1) is 22.7. The fourth-order valence-electron chi connectivity index (χ4n) is 3.61. The first-order chi connectivity index (χ1) is 15.8. The van der Waals surface area contributed by atoms with E-state index in [1.807, 2.05) is 44.2 Å². The summed E-state index contributed by atoms with van der Waals surface area (Å²) in [5, 5.41) is 2.78. The largest absolute Gasteiger partial charge is 0.492 e. The Morgan fingerprint density at radius 3 is 2.55 bits per heavy atom. The molecule has 3 aromatic carbocycles. The lowest BCUT2D eigenvalue weighted by atomic mass is 10.1. The van der Waals surface area contributed by atoms with Crippen molar-refractivity contribution in [3.63, 3.8) is 0 Å². The van der Waals surface area contributed by atoms with Gasteiger partial charge in [-0.25, -0.2) is 8.42 Å². The summed E-state index contributed by atoms with van der Waals surface area (Å²) in [5.41, 5.74) is 2.40. The van der Waals surface area contributed by atoms with Gasteiger partial charge in [-0.2, -0.15) is 0 Å². The second kappa shape index (κ2) is 9.54. The van der Waals surface area contributed by atoms with Gasteiger partial charge in [-0.1, -0.05) is 36.4 Å². The first-order valence-corrected chi connectivity index (χ1v) is 12.1. The summed E-state index contributed by atoms with van der Waals surface area (Å²) >= 11 is 0. The molecule has 172 valence electrons. The van der Waals surface area contributed by atoms with Crippen molar-refractivity contribution in [3.8, 4) is 11.5 Å². The second-order valence-corrected chi connectivity index (χ2v) is 9.75. The Morgan fingerprint density at radius 1 is 1.03 bits per heavy atom. The fraction of sp³-hybridized carbons (Fsp3) is 0.240. The molecule has 0 saturated carbocycles. The number of nitrogens with one attached hydrogen (secondary N) is 1. The molecule has 7 nitrogen and oxygen atoms in total. The van der Waals surface area contributed by atoms with E-state index in [1.165, 1.54) is 16.4 Å². The molecule has 0 fully saturated rings. The molecule has 1 heterocycles. The number of carbonyl (C=O) groups excluding carboxylic acids is 1. The van der Waals surface area contributed by atoms with Gasteiger partial charge in [-0.3, -0.25) is 9.10 Å². The minimum Gasteiger partial charge on any atom is -0.492 e. The average Bonchev–Trinajstić information content (AvgIpc) is 2.81. The molecule has 1 amide bonds. The van der Waals surface area contributed by atoms with Crippen LogP contribution >= 0.6 is 0 Å². The van der Waals surface area contributed by atoms with Gasteiger partial charge in [-0.15, -0.1) is 0 Å². The minimum absolute atomic E-state index is 0.127. The summed E-state index contributed by atoms with van der Waals surface area (Å²) in [6.45, 7) is 4.27. The zero-order chi connectivity index (χ0) is 23.4. The minimum atomic E-state index is -3.87. The molecule has 3 aromatic rings. The van der Waals surface area contributed by atoms with Crippen molar-refractivity contribution in [2.45, 2.75) is 24.8 Å². The number of nitrogens with zero attached hydrogens (tertiary/aromatic N) is 1.